The number of fused-ring (bicyclic) bond motifs is 1. The van der Waals surface area contributed by atoms with Crippen LogP contribution in [0.5, 0.6) is 11.5 Å². The molecule has 1 aromatic carbocycles. The Morgan fingerprint density at radius 1 is 1.16 bits per heavy atom. The van der Waals surface area contributed by atoms with Gasteiger partial charge in [-0.2, -0.15) is 0 Å². The number of nitrogens with zero attached hydrogens (tertiary/aromatic N) is 2. The molecule has 0 unspecified atom stereocenters. The molecule has 7 nitrogen and oxygen atoms in total. The molecule has 2 heterocycles. The van der Waals surface area contributed by atoms with Crippen molar-refractivity contribution in [3.8, 4) is 11.5 Å². The van der Waals surface area contributed by atoms with Crippen LogP contribution in [-0.2, 0) is 11.2 Å². The van der Waals surface area contributed by atoms with Crippen molar-refractivity contribution >= 4 is 5.96 Å². The lowest BCUT2D eigenvalue weighted by molar-refractivity contribution is 0.0394. The molecule has 138 valence electrons. The molecule has 2 aliphatic heterocycles. The average molecular weight is 348 g/mol. The first-order valence-electron chi connectivity index (χ1n) is 9.06. The van der Waals surface area contributed by atoms with Crippen molar-refractivity contribution in [3.05, 3.63) is 23.8 Å². The topological polar surface area (TPSA) is 67.4 Å². The Balaban J connectivity index is 1.42. The van der Waals surface area contributed by atoms with E-state index in [9.17, 15) is 0 Å². The van der Waals surface area contributed by atoms with Crippen LogP contribution in [0.2, 0.25) is 0 Å². The number of rotatable bonds is 7. The number of guanidine groups is 1. The molecule has 0 radical (unpaired) electrons. The largest absolute Gasteiger partial charge is 0.454 e. The third kappa shape index (κ3) is 5.51. The highest BCUT2D eigenvalue weighted by Crippen LogP contribution is 2.32. The Morgan fingerprint density at radius 3 is 2.84 bits per heavy atom. The van der Waals surface area contributed by atoms with Crippen LogP contribution in [0.15, 0.2) is 23.2 Å². The van der Waals surface area contributed by atoms with Crippen molar-refractivity contribution in [1.82, 2.24) is 15.5 Å². The monoisotopic (exact) mass is 348 g/mol. The number of hydrogen-bond donors (Lipinski definition) is 2. The smallest absolute Gasteiger partial charge is 0.231 e. The Morgan fingerprint density at radius 2 is 2.00 bits per heavy atom. The van der Waals surface area contributed by atoms with E-state index < -0.39 is 0 Å². The van der Waals surface area contributed by atoms with Gasteiger partial charge in [0.1, 0.15) is 0 Å². The van der Waals surface area contributed by atoms with Gasteiger partial charge in [-0.05, 0) is 31.0 Å². The highest BCUT2D eigenvalue weighted by molar-refractivity contribution is 5.79. The molecule has 1 aromatic rings. The maximum atomic E-state index is 5.42. The van der Waals surface area contributed by atoms with Crippen LogP contribution in [-0.4, -0.2) is 70.1 Å². The van der Waals surface area contributed by atoms with E-state index >= 15 is 0 Å². The van der Waals surface area contributed by atoms with E-state index in [-0.39, 0.29) is 0 Å². The van der Waals surface area contributed by atoms with Gasteiger partial charge in [0.2, 0.25) is 6.79 Å². The van der Waals surface area contributed by atoms with Gasteiger partial charge in [0.05, 0.1) is 19.8 Å². The van der Waals surface area contributed by atoms with E-state index in [1.165, 1.54) is 5.56 Å². The zero-order chi connectivity index (χ0) is 17.3. The maximum absolute atomic E-state index is 5.42. The zero-order valence-electron chi connectivity index (χ0n) is 14.9. The van der Waals surface area contributed by atoms with Crippen LogP contribution in [0, 0.1) is 0 Å². The van der Waals surface area contributed by atoms with Gasteiger partial charge in [-0.3, -0.25) is 9.89 Å². The predicted octanol–water partition coefficient (Wildman–Crippen LogP) is 0.845. The van der Waals surface area contributed by atoms with Crippen LogP contribution in [0.25, 0.3) is 0 Å². The summed E-state index contributed by atoms with van der Waals surface area (Å²) in [5.41, 5.74) is 1.22. The third-order valence-corrected chi connectivity index (χ3v) is 4.28. The van der Waals surface area contributed by atoms with Crippen LogP contribution in [0.1, 0.15) is 12.5 Å². The average Bonchev–Trinajstić information content (AvgIpc) is 3.10. The lowest BCUT2D eigenvalue weighted by Gasteiger charge is -2.25. The molecular weight excluding hydrogens is 320 g/mol. The van der Waals surface area contributed by atoms with E-state index in [4.69, 9.17) is 14.2 Å². The Labute approximate surface area is 149 Å². The minimum atomic E-state index is 0.317. The van der Waals surface area contributed by atoms with Gasteiger partial charge < -0.3 is 24.8 Å². The molecular formula is C18H28N4O3. The van der Waals surface area contributed by atoms with Gasteiger partial charge in [0, 0.05) is 32.7 Å². The molecule has 1 fully saturated rings. The quantitative estimate of drug-likeness (QED) is 0.562. The SMILES string of the molecule is CCNC(=NCCN1CCOCC1)NCCc1ccc2c(c1)OCO2. The van der Waals surface area contributed by atoms with Crippen molar-refractivity contribution in [1.29, 1.82) is 0 Å². The number of morpholine rings is 1. The molecule has 1 saturated heterocycles. The molecule has 7 heteroatoms. The van der Waals surface area contributed by atoms with E-state index in [0.29, 0.717) is 6.79 Å². The van der Waals surface area contributed by atoms with Gasteiger partial charge in [-0.15, -0.1) is 0 Å². The van der Waals surface area contributed by atoms with Crippen LogP contribution in [0.4, 0.5) is 0 Å². The molecule has 0 aromatic heterocycles. The first-order chi connectivity index (χ1) is 12.3. The second-order valence-electron chi connectivity index (χ2n) is 6.08. The maximum Gasteiger partial charge on any atom is 0.231 e. The Hall–Kier alpha value is -1.99. The van der Waals surface area contributed by atoms with Gasteiger partial charge in [0.25, 0.3) is 0 Å². The molecule has 0 amide bonds. The summed E-state index contributed by atoms with van der Waals surface area (Å²) in [6.07, 6.45) is 0.907. The fourth-order valence-corrected chi connectivity index (χ4v) is 2.89. The van der Waals surface area contributed by atoms with E-state index in [0.717, 1.165) is 76.4 Å². The van der Waals surface area contributed by atoms with Crippen molar-refractivity contribution in [2.75, 3.05) is 59.3 Å². The molecule has 0 aliphatic carbocycles. The molecule has 0 spiro atoms. The van der Waals surface area contributed by atoms with Crippen molar-refractivity contribution < 1.29 is 14.2 Å². The second-order valence-corrected chi connectivity index (χ2v) is 6.08. The van der Waals surface area contributed by atoms with Gasteiger partial charge in [-0.1, -0.05) is 6.07 Å². The fourth-order valence-electron chi connectivity index (χ4n) is 2.89. The van der Waals surface area contributed by atoms with E-state index in [1.807, 2.05) is 12.1 Å². The standard InChI is InChI=1S/C18H28N4O3/c1-2-19-18(21-7-8-22-9-11-23-12-10-22)20-6-5-15-3-4-16-17(13-15)25-14-24-16/h3-4,13H,2,5-12,14H2,1H3,(H2,19,20,21). The van der Waals surface area contributed by atoms with Gasteiger partial charge in [-0.25, -0.2) is 0 Å². The highest BCUT2D eigenvalue weighted by atomic mass is 16.7. The van der Waals surface area contributed by atoms with Crippen molar-refractivity contribution in [2.45, 2.75) is 13.3 Å². The number of benzene rings is 1. The lowest BCUT2D eigenvalue weighted by Crippen LogP contribution is -2.40. The minimum absolute atomic E-state index is 0.317. The van der Waals surface area contributed by atoms with Gasteiger partial charge >= 0.3 is 0 Å². The summed E-state index contributed by atoms with van der Waals surface area (Å²) < 4.78 is 16.1. The third-order valence-electron chi connectivity index (χ3n) is 4.28. The number of aliphatic imine (C=N–C) groups is 1. The normalized spacial score (nSPS) is 17.6. The highest BCUT2D eigenvalue weighted by Gasteiger charge is 2.13. The van der Waals surface area contributed by atoms with Crippen molar-refractivity contribution in [2.24, 2.45) is 4.99 Å². The number of hydrogen-bond acceptors (Lipinski definition) is 5. The molecule has 25 heavy (non-hydrogen) atoms. The van der Waals surface area contributed by atoms with E-state index in [2.05, 4.69) is 33.5 Å². The second kappa shape index (κ2) is 9.48. The molecule has 2 aliphatic rings. The summed E-state index contributed by atoms with van der Waals surface area (Å²) in [6.45, 7) is 9.51. The van der Waals surface area contributed by atoms with E-state index in [1.54, 1.807) is 0 Å². The molecule has 0 saturated carbocycles. The molecule has 0 atom stereocenters. The summed E-state index contributed by atoms with van der Waals surface area (Å²) in [5, 5.41) is 6.70. The minimum Gasteiger partial charge on any atom is -0.454 e. The summed E-state index contributed by atoms with van der Waals surface area (Å²) in [5.74, 6) is 2.54. The zero-order valence-corrected chi connectivity index (χ0v) is 14.9. The lowest BCUT2D eigenvalue weighted by atomic mass is 10.1. The molecule has 0 bridgehead atoms. The first-order valence-corrected chi connectivity index (χ1v) is 9.06. The first kappa shape index (κ1) is 17.8. The van der Waals surface area contributed by atoms with Crippen LogP contribution in [0.3, 0.4) is 0 Å². The van der Waals surface area contributed by atoms with Crippen LogP contribution < -0.4 is 20.1 Å². The number of nitrogens with one attached hydrogen (secondary N) is 2. The fraction of sp³-hybridized carbons (Fsp3) is 0.611. The van der Waals surface area contributed by atoms with Gasteiger partial charge in [0.15, 0.2) is 17.5 Å². The Kier molecular flexibility index (Phi) is 6.76. The molecule has 2 N–H and O–H groups in total. The summed E-state index contributed by atoms with van der Waals surface area (Å²) in [6, 6.07) is 6.10. The predicted molar refractivity (Wildman–Crippen MR) is 97.5 cm³/mol. The summed E-state index contributed by atoms with van der Waals surface area (Å²) in [4.78, 5) is 7.06. The Bertz CT molecular complexity index is 573. The van der Waals surface area contributed by atoms with Crippen LogP contribution >= 0.6 is 0 Å². The number of ether oxygens (including phenoxy) is 3. The summed E-state index contributed by atoms with van der Waals surface area (Å²) >= 11 is 0. The molecule has 3 rings (SSSR count). The summed E-state index contributed by atoms with van der Waals surface area (Å²) in [7, 11) is 0. The van der Waals surface area contributed by atoms with Crippen molar-refractivity contribution in [3.63, 3.8) is 0 Å².